The molecule has 1 saturated carbocycles. The van der Waals surface area contributed by atoms with Gasteiger partial charge in [-0.25, -0.2) is 0 Å². The molecule has 0 aromatic heterocycles. The van der Waals surface area contributed by atoms with E-state index in [1.807, 2.05) is 12.1 Å². The number of carboxylic acid groups (broad SMARTS) is 1. The van der Waals surface area contributed by atoms with Gasteiger partial charge in [-0.2, -0.15) is 0 Å². The smallest absolute Gasteiger partial charge is 0.306 e. The second kappa shape index (κ2) is 12.7. The molecular weight excluding hydrogens is 384 g/mol. The Bertz CT molecular complexity index is 709. The van der Waals surface area contributed by atoms with Crippen LogP contribution in [0.5, 0.6) is 11.5 Å². The average Bonchev–Trinajstić information content (AvgIpc) is 2.76. The fraction of sp³-hybridized carbons (Fsp3) is 0.522. The first kappa shape index (κ1) is 23.4. The Kier molecular flexibility index (Phi) is 9.91. The van der Waals surface area contributed by atoms with Crippen LogP contribution >= 0.6 is 0 Å². The Labute approximate surface area is 178 Å². The Morgan fingerprint density at radius 1 is 0.967 bits per heavy atom. The van der Waals surface area contributed by atoms with Gasteiger partial charge < -0.3 is 19.3 Å². The lowest BCUT2D eigenvalue weighted by Gasteiger charge is -2.26. The molecule has 7 nitrogen and oxygen atoms in total. The number of carboxylic acids is 1. The molecule has 0 spiro atoms. The molecule has 2 rings (SSSR count). The van der Waals surface area contributed by atoms with E-state index in [0.717, 1.165) is 31.4 Å². The van der Waals surface area contributed by atoms with E-state index in [-0.39, 0.29) is 23.6 Å². The summed E-state index contributed by atoms with van der Waals surface area (Å²) in [6.07, 6.45) is 7.87. The molecule has 0 atom stereocenters. The molecule has 164 valence electrons. The van der Waals surface area contributed by atoms with Gasteiger partial charge in [-0.1, -0.05) is 6.58 Å². The second-order valence-electron chi connectivity index (χ2n) is 7.50. The molecular formula is C23H32N2O5. The van der Waals surface area contributed by atoms with E-state index in [1.54, 1.807) is 12.1 Å². The van der Waals surface area contributed by atoms with Crippen LogP contribution in [0, 0.1) is 22.7 Å². The number of hydrogen-bond acceptors (Lipinski definition) is 6. The zero-order valence-electron chi connectivity index (χ0n) is 17.4. The van der Waals surface area contributed by atoms with Crippen molar-refractivity contribution in [1.82, 2.24) is 0 Å². The van der Waals surface area contributed by atoms with Crippen LogP contribution in [0.2, 0.25) is 0 Å². The fourth-order valence-electron chi connectivity index (χ4n) is 3.41. The molecule has 1 aliphatic rings. The summed E-state index contributed by atoms with van der Waals surface area (Å²) in [7, 11) is 0. The Balaban J connectivity index is 1.59. The molecule has 30 heavy (non-hydrogen) atoms. The van der Waals surface area contributed by atoms with Gasteiger partial charge >= 0.3 is 5.97 Å². The van der Waals surface area contributed by atoms with Gasteiger partial charge in [0, 0.05) is 5.92 Å². The summed E-state index contributed by atoms with van der Waals surface area (Å²) in [6, 6.07) is 7.24. The summed E-state index contributed by atoms with van der Waals surface area (Å²) in [6.45, 7) is 4.65. The van der Waals surface area contributed by atoms with Crippen LogP contribution in [0.4, 0.5) is 0 Å². The summed E-state index contributed by atoms with van der Waals surface area (Å²) in [4.78, 5) is 11.0. The van der Waals surface area contributed by atoms with Crippen LogP contribution in [0.1, 0.15) is 51.4 Å². The largest absolute Gasteiger partial charge is 0.494 e. The van der Waals surface area contributed by atoms with Gasteiger partial charge in [-0.15, -0.1) is 0 Å². The van der Waals surface area contributed by atoms with Crippen molar-refractivity contribution in [3.63, 3.8) is 0 Å². The van der Waals surface area contributed by atoms with Crippen molar-refractivity contribution in [2.75, 3.05) is 13.2 Å². The number of aliphatic carboxylic acids is 1. The summed E-state index contributed by atoms with van der Waals surface area (Å²) in [5.41, 5.74) is 0. The minimum atomic E-state index is -0.740. The summed E-state index contributed by atoms with van der Waals surface area (Å²) in [5.74, 6) is 0.646. The van der Waals surface area contributed by atoms with E-state index >= 15 is 0 Å². The quantitative estimate of drug-likeness (QED) is 0.251. The maximum absolute atomic E-state index is 11.0. The highest BCUT2D eigenvalue weighted by Crippen LogP contribution is 2.30. The Morgan fingerprint density at radius 2 is 1.53 bits per heavy atom. The Hall–Kier alpha value is -2.83. The third-order valence-corrected chi connectivity index (χ3v) is 5.25. The third kappa shape index (κ3) is 8.27. The molecule has 1 aliphatic carbocycles. The summed E-state index contributed by atoms with van der Waals surface area (Å²) in [5, 5.41) is 24.5. The number of unbranched alkanes of at least 4 members (excludes halogenated alkanes) is 3. The zero-order valence-corrected chi connectivity index (χ0v) is 17.4. The number of carbonyl (C=O) groups is 1. The lowest BCUT2D eigenvalue weighted by molar-refractivity contribution is -0.142. The topological polar surface area (TPSA) is 113 Å². The van der Waals surface area contributed by atoms with Crippen molar-refractivity contribution in [2.24, 2.45) is 11.8 Å². The SMILES string of the molecule is C=CC(=N)OCCCCCCOc1ccc(OC(=N)C2CCC(C(=O)O)CC2)cc1. The van der Waals surface area contributed by atoms with Crippen LogP contribution in [0.3, 0.4) is 0 Å². The first-order valence-corrected chi connectivity index (χ1v) is 10.6. The molecule has 1 fully saturated rings. The van der Waals surface area contributed by atoms with E-state index in [4.69, 9.17) is 30.1 Å². The fourth-order valence-corrected chi connectivity index (χ4v) is 3.41. The number of rotatable bonds is 12. The molecule has 1 aromatic carbocycles. The van der Waals surface area contributed by atoms with Crippen molar-refractivity contribution in [3.05, 3.63) is 36.9 Å². The van der Waals surface area contributed by atoms with Crippen molar-refractivity contribution in [1.29, 1.82) is 10.8 Å². The lowest BCUT2D eigenvalue weighted by Crippen LogP contribution is -2.28. The molecule has 0 saturated heterocycles. The van der Waals surface area contributed by atoms with Crippen molar-refractivity contribution in [2.45, 2.75) is 51.4 Å². The van der Waals surface area contributed by atoms with Crippen molar-refractivity contribution in [3.8, 4) is 11.5 Å². The highest BCUT2D eigenvalue weighted by Gasteiger charge is 2.29. The minimum absolute atomic E-state index is 0.00992. The van der Waals surface area contributed by atoms with Gasteiger partial charge in [0.2, 0.25) is 5.90 Å². The highest BCUT2D eigenvalue weighted by atomic mass is 16.5. The van der Waals surface area contributed by atoms with E-state index in [1.165, 1.54) is 6.08 Å². The van der Waals surface area contributed by atoms with Gasteiger partial charge in [0.1, 0.15) is 11.5 Å². The zero-order chi connectivity index (χ0) is 21.8. The van der Waals surface area contributed by atoms with Crippen LogP contribution in [-0.4, -0.2) is 36.1 Å². The monoisotopic (exact) mass is 416 g/mol. The number of benzene rings is 1. The summed E-state index contributed by atoms with van der Waals surface area (Å²) < 4.78 is 16.5. The number of nitrogens with one attached hydrogen (secondary N) is 2. The first-order valence-electron chi connectivity index (χ1n) is 10.6. The Morgan fingerprint density at radius 3 is 2.13 bits per heavy atom. The maximum Gasteiger partial charge on any atom is 0.306 e. The summed E-state index contributed by atoms with van der Waals surface area (Å²) >= 11 is 0. The normalized spacial score (nSPS) is 18.3. The van der Waals surface area contributed by atoms with Crippen LogP contribution in [0.25, 0.3) is 0 Å². The van der Waals surface area contributed by atoms with E-state index in [9.17, 15) is 4.79 Å². The van der Waals surface area contributed by atoms with Gasteiger partial charge in [0.15, 0.2) is 5.90 Å². The van der Waals surface area contributed by atoms with Crippen LogP contribution in [0.15, 0.2) is 36.9 Å². The molecule has 7 heteroatoms. The van der Waals surface area contributed by atoms with Gasteiger partial charge in [-0.3, -0.25) is 15.6 Å². The maximum atomic E-state index is 11.0. The molecule has 0 unspecified atom stereocenters. The van der Waals surface area contributed by atoms with Gasteiger partial charge in [-0.05, 0) is 81.7 Å². The molecule has 0 radical (unpaired) electrons. The first-order chi connectivity index (χ1) is 14.5. The molecule has 3 N–H and O–H groups in total. The van der Waals surface area contributed by atoms with Crippen LogP contribution in [-0.2, 0) is 9.53 Å². The molecule has 0 amide bonds. The minimum Gasteiger partial charge on any atom is -0.494 e. The highest BCUT2D eigenvalue weighted by molar-refractivity contribution is 5.83. The average molecular weight is 417 g/mol. The predicted molar refractivity (Wildman–Crippen MR) is 116 cm³/mol. The van der Waals surface area contributed by atoms with Gasteiger partial charge in [0.05, 0.1) is 19.1 Å². The van der Waals surface area contributed by atoms with Crippen molar-refractivity contribution >= 4 is 17.8 Å². The van der Waals surface area contributed by atoms with E-state index in [0.29, 0.717) is 44.6 Å². The lowest BCUT2D eigenvalue weighted by atomic mass is 9.82. The van der Waals surface area contributed by atoms with Gasteiger partial charge in [0.25, 0.3) is 0 Å². The van der Waals surface area contributed by atoms with Crippen molar-refractivity contribution < 1.29 is 24.1 Å². The van der Waals surface area contributed by atoms with Crippen LogP contribution < -0.4 is 9.47 Å². The number of ether oxygens (including phenoxy) is 3. The molecule has 0 bridgehead atoms. The third-order valence-electron chi connectivity index (χ3n) is 5.25. The van der Waals surface area contributed by atoms with E-state index in [2.05, 4.69) is 6.58 Å². The molecule has 0 aliphatic heterocycles. The second-order valence-corrected chi connectivity index (χ2v) is 7.50. The molecule has 0 heterocycles. The van der Waals surface area contributed by atoms with E-state index < -0.39 is 5.97 Å². The molecule has 1 aromatic rings. The predicted octanol–water partition coefficient (Wildman–Crippen LogP) is 5.05. The number of hydrogen-bond donors (Lipinski definition) is 3. The standard InChI is InChI=1S/C23H32N2O5/c1-2-21(24)29-16-6-4-3-5-15-28-19-11-13-20(14-12-19)30-22(25)17-7-9-18(10-8-17)23(26)27/h2,11-14,17-18,24-25H,1,3-10,15-16H2,(H,26,27).